The minimum atomic E-state index is 0.0553. The topological polar surface area (TPSA) is 83.8 Å². The van der Waals surface area contributed by atoms with Crippen LogP contribution in [0.4, 0.5) is 5.69 Å². The first kappa shape index (κ1) is 13.8. The van der Waals surface area contributed by atoms with E-state index in [-0.39, 0.29) is 11.8 Å². The van der Waals surface area contributed by atoms with Crippen LogP contribution in [0.3, 0.4) is 0 Å². The van der Waals surface area contributed by atoms with E-state index in [0.717, 1.165) is 36.3 Å². The minimum Gasteiger partial charge on any atom is -0.345 e. The number of H-pyrrole nitrogens is 1. The van der Waals surface area contributed by atoms with Gasteiger partial charge in [0.15, 0.2) is 0 Å². The van der Waals surface area contributed by atoms with Crippen LogP contribution in [-0.4, -0.2) is 22.4 Å². The molecule has 0 radical (unpaired) electrons. The van der Waals surface area contributed by atoms with Crippen LogP contribution in [0.5, 0.6) is 0 Å². The summed E-state index contributed by atoms with van der Waals surface area (Å²) in [7, 11) is 0. The number of imidazole rings is 1. The normalized spacial score (nSPS) is 21.4. The number of benzene rings is 1. The molecule has 1 aliphatic carbocycles. The summed E-state index contributed by atoms with van der Waals surface area (Å²) in [6, 6.07) is 7.71. The molecule has 0 saturated heterocycles. The van der Waals surface area contributed by atoms with Crippen LogP contribution in [-0.2, 0) is 4.79 Å². The Morgan fingerprint density at radius 1 is 1.33 bits per heavy atom. The molecule has 1 heterocycles. The van der Waals surface area contributed by atoms with Gasteiger partial charge in [-0.15, -0.1) is 0 Å². The summed E-state index contributed by atoms with van der Waals surface area (Å²) >= 11 is 0. The first-order valence-corrected chi connectivity index (χ1v) is 7.38. The molecular weight excluding hydrogens is 264 g/mol. The van der Waals surface area contributed by atoms with Crippen LogP contribution in [0.25, 0.3) is 11.4 Å². The van der Waals surface area contributed by atoms with Crippen molar-refractivity contribution in [2.75, 3.05) is 11.9 Å². The maximum atomic E-state index is 12.3. The molecule has 1 fully saturated rings. The van der Waals surface area contributed by atoms with Gasteiger partial charge in [0.2, 0.25) is 5.91 Å². The molecule has 5 nitrogen and oxygen atoms in total. The van der Waals surface area contributed by atoms with Gasteiger partial charge in [-0.2, -0.15) is 0 Å². The number of amides is 1. The van der Waals surface area contributed by atoms with E-state index in [4.69, 9.17) is 5.73 Å². The fraction of sp³-hybridized carbons (Fsp3) is 0.375. The van der Waals surface area contributed by atoms with Crippen LogP contribution in [0.2, 0.25) is 0 Å². The fourth-order valence-electron chi connectivity index (χ4n) is 3.03. The third-order valence-corrected chi connectivity index (χ3v) is 4.22. The highest BCUT2D eigenvalue weighted by Gasteiger charge is 2.31. The van der Waals surface area contributed by atoms with Crippen molar-refractivity contribution in [1.82, 2.24) is 9.97 Å². The van der Waals surface area contributed by atoms with Crippen molar-refractivity contribution in [3.63, 3.8) is 0 Å². The number of nitrogens with one attached hydrogen (secondary N) is 2. The van der Waals surface area contributed by atoms with Crippen molar-refractivity contribution in [2.45, 2.75) is 19.3 Å². The second-order valence-corrected chi connectivity index (χ2v) is 5.54. The number of hydrogen-bond acceptors (Lipinski definition) is 3. The number of nitrogens with zero attached hydrogens (tertiary/aromatic N) is 1. The van der Waals surface area contributed by atoms with Crippen molar-refractivity contribution >= 4 is 11.6 Å². The second-order valence-electron chi connectivity index (χ2n) is 5.54. The average molecular weight is 284 g/mol. The van der Waals surface area contributed by atoms with E-state index in [1.54, 1.807) is 12.4 Å². The molecule has 1 aromatic carbocycles. The summed E-state index contributed by atoms with van der Waals surface area (Å²) < 4.78 is 0. The highest BCUT2D eigenvalue weighted by atomic mass is 16.1. The molecule has 0 unspecified atom stereocenters. The molecule has 1 aliphatic rings. The molecule has 0 aliphatic heterocycles. The van der Waals surface area contributed by atoms with Gasteiger partial charge in [-0.1, -0.05) is 6.42 Å². The van der Waals surface area contributed by atoms with Crippen LogP contribution in [0, 0.1) is 11.8 Å². The van der Waals surface area contributed by atoms with E-state index in [9.17, 15) is 4.79 Å². The Balaban J connectivity index is 1.66. The van der Waals surface area contributed by atoms with Crippen molar-refractivity contribution in [3.8, 4) is 11.4 Å². The number of hydrogen-bond donors (Lipinski definition) is 3. The largest absolute Gasteiger partial charge is 0.345 e. The number of nitrogens with two attached hydrogens (primary N) is 1. The maximum Gasteiger partial charge on any atom is 0.227 e. The zero-order valence-electron chi connectivity index (χ0n) is 11.9. The molecule has 0 spiro atoms. The molecule has 21 heavy (non-hydrogen) atoms. The number of carbonyl (C=O) groups excluding carboxylic acids is 1. The molecule has 3 rings (SSSR count). The zero-order chi connectivity index (χ0) is 14.7. The first-order valence-electron chi connectivity index (χ1n) is 7.38. The number of aromatic nitrogens is 2. The summed E-state index contributed by atoms with van der Waals surface area (Å²) in [5, 5.41) is 3.00. The predicted molar refractivity (Wildman–Crippen MR) is 82.5 cm³/mol. The van der Waals surface area contributed by atoms with E-state index in [2.05, 4.69) is 15.3 Å². The van der Waals surface area contributed by atoms with Crippen molar-refractivity contribution in [2.24, 2.45) is 17.6 Å². The number of carbonyl (C=O) groups is 1. The second kappa shape index (κ2) is 6.10. The zero-order valence-corrected chi connectivity index (χ0v) is 11.9. The van der Waals surface area contributed by atoms with Gasteiger partial charge in [0, 0.05) is 29.6 Å². The quantitative estimate of drug-likeness (QED) is 0.806. The standard InChI is InChI=1S/C16H20N4O/c17-10-12-2-1-3-14(12)16(21)20-13-6-4-11(5-7-13)15-18-8-9-19-15/h4-9,12,14H,1-3,10,17H2,(H,18,19)(H,20,21)/t12-,14-/m1/s1. The van der Waals surface area contributed by atoms with Crippen molar-refractivity contribution in [1.29, 1.82) is 0 Å². The molecule has 2 aromatic rings. The van der Waals surface area contributed by atoms with Gasteiger partial charge < -0.3 is 16.0 Å². The highest BCUT2D eigenvalue weighted by molar-refractivity contribution is 5.93. The maximum absolute atomic E-state index is 12.3. The van der Waals surface area contributed by atoms with Crippen LogP contribution < -0.4 is 11.1 Å². The van der Waals surface area contributed by atoms with Gasteiger partial charge in [-0.3, -0.25) is 4.79 Å². The monoisotopic (exact) mass is 284 g/mol. The third-order valence-electron chi connectivity index (χ3n) is 4.22. The summed E-state index contributed by atoms with van der Waals surface area (Å²) in [4.78, 5) is 19.6. The summed E-state index contributed by atoms with van der Waals surface area (Å²) in [5.41, 5.74) is 7.56. The lowest BCUT2D eigenvalue weighted by Gasteiger charge is -2.17. The Morgan fingerprint density at radius 3 is 2.81 bits per heavy atom. The van der Waals surface area contributed by atoms with Gasteiger partial charge in [-0.25, -0.2) is 4.98 Å². The lowest BCUT2D eigenvalue weighted by atomic mass is 9.95. The fourth-order valence-corrected chi connectivity index (χ4v) is 3.03. The number of rotatable bonds is 4. The summed E-state index contributed by atoms with van der Waals surface area (Å²) in [6.07, 6.45) is 6.61. The molecule has 110 valence electrons. The van der Waals surface area contributed by atoms with Crippen LogP contribution in [0.15, 0.2) is 36.7 Å². The predicted octanol–water partition coefficient (Wildman–Crippen LogP) is 2.39. The molecule has 2 atom stereocenters. The van der Waals surface area contributed by atoms with Crippen molar-refractivity contribution in [3.05, 3.63) is 36.7 Å². The Morgan fingerprint density at radius 2 is 2.14 bits per heavy atom. The van der Waals surface area contributed by atoms with Crippen molar-refractivity contribution < 1.29 is 4.79 Å². The SMILES string of the molecule is NC[C@H]1CCC[C@H]1C(=O)Nc1ccc(-c2ncc[nH]2)cc1. The van der Waals surface area contributed by atoms with E-state index in [1.807, 2.05) is 24.3 Å². The Bertz CT molecular complexity index is 591. The van der Waals surface area contributed by atoms with Gasteiger partial charge in [0.1, 0.15) is 5.82 Å². The third kappa shape index (κ3) is 2.97. The van der Waals surface area contributed by atoms with Gasteiger partial charge in [0.25, 0.3) is 0 Å². The Labute approximate surface area is 124 Å². The van der Waals surface area contributed by atoms with E-state index in [1.165, 1.54) is 0 Å². The van der Waals surface area contributed by atoms with Crippen LogP contribution >= 0.6 is 0 Å². The first-order chi connectivity index (χ1) is 10.3. The van der Waals surface area contributed by atoms with E-state index >= 15 is 0 Å². The molecule has 1 aromatic heterocycles. The van der Waals surface area contributed by atoms with Gasteiger partial charge in [-0.05, 0) is 49.6 Å². The molecular formula is C16H20N4O. The lowest BCUT2D eigenvalue weighted by Crippen LogP contribution is -2.29. The number of aromatic amines is 1. The molecule has 1 saturated carbocycles. The highest BCUT2D eigenvalue weighted by Crippen LogP contribution is 2.32. The summed E-state index contributed by atoms with van der Waals surface area (Å²) in [6.45, 7) is 0.593. The van der Waals surface area contributed by atoms with Gasteiger partial charge in [0.05, 0.1) is 0 Å². The minimum absolute atomic E-state index is 0.0553. The van der Waals surface area contributed by atoms with Gasteiger partial charge >= 0.3 is 0 Å². The molecule has 5 heteroatoms. The average Bonchev–Trinajstić information content (AvgIpc) is 3.19. The Hall–Kier alpha value is -2.14. The van der Waals surface area contributed by atoms with Crippen LogP contribution in [0.1, 0.15) is 19.3 Å². The molecule has 1 amide bonds. The number of anilines is 1. The Kier molecular flexibility index (Phi) is 4.01. The smallest absolute Gasteiger partial charge is 0.227 e. The lowest BCUT2D eigenvalue weighted by molar-refractivity contribution is -0.120. The molecule has 0 bridgehead atoms. The summed E-state index contributed by atoms with van der Waals surface area (Å²) in [5.74, 6) is 1.30. The van der Waals surface area contributed by atoms with E-state index < -0.39 is 0 Å². The van der Waals surface area contributed by atoms with E-state index in [0.29, 0.717) is 12.5 Å². The molecule has 4 N–H and O–H groups in total.